The van der Waals surface area contributed by atoms with Gasteiger partial charge in [-0.1, -0.05) is 6.92 Å². The molecule has 0 radical (unpaired) electrons. The molecule has 1 fully saturated rings. The summed E-state index contributed by atoms with van der Waals surface area (Å²) in [6.07, 6.45) is 2.46. The molecule has 0 bridgehead atoms. The number of amides is 2. The fourth-order valence-corrected chi connectivity index (χ4v) is 4.59. The zero-order valence-corrected chi connectivity index (χ0v) is 15.6. The summed E-state index contributed by atoms with van der Waals surface area (Å²) in [7, 11) is 2.14. The second-order valence-corrected chi connectivity index (χ2v) is 9.41. The zero-order chi connectivity index (χ0) is 17.0. The molecule has 7 heteroatoms. The van der Waals surface area contributed by atoms with E-state index >= 15 is 0 Å². The quantitative estimate of drug-likeness (QED) is 0.479. The smallest absolute Gasteiger partial charge is 0.377 e. The van der Waals surface area contributed by atoms with E-state index in [1.165, 1.54) is 4.90 Å². The Balaban J connectivity index is 2.62. The first-order valence-corrected chi connectivity index (χ1v) is 9.72. The molecule has 2 amide bonds. The van der Waals surface area contributed by atoms with Gasteiger partial charge in [-0.05, 0) is 33.1 Å². The number of carbonyl (C=O) groups is 2. The third-order valence-corrected chi connectivity index (χ3v) is 7.51. The second-order valence-electron chi connectivity index (χ2n) is 6.32. The first-order chi connectivity index (χ1) is 10.3. The predicted octanol–water partition coefficient (Wildman–Crippen LogP) is 2.21. The Bertz CT molecular complexity index is 400. The molecule has 1 saturated heterocycles. The maximum absolute atomic E-state index is 12.5. The standard InChI is InChI=1S/C15H29NO5Si/c1-7-15(2,3)16-13(17)11-12(14(16)18)9-8-10-22(19-4,20-5)21-6/h12H,7-11H2,1-6H3. The lowest BCUT2D eigenvalue weighted by molar-refractivity contribution is -0.145. The van der Waals surface area contributed by atoms with Gasteiger partial charge in [0, 0.05) is 45.3 Å². The van der Waals surface area contributed by atoms with Crippen LogP contribution < -0.4 is 0 Å². The normalized spacial score (nSPS) is 20.1. The molecule has 1 heterocycles. The van der Waals surface area contributed by atoms with Crippen molar-refractivity contribution >= 4 is 20.6 Å². The van der Waals surface area contributed by atoms with E-state index in [0.29, 0.717) is 18.9 Å². The van der Waals surface area contributed by atoms with Crippen LogP contribution in [0.15, 0.2) is 0 Å². The van der Waals surface area contributed by atoms with E-state index < -0.39 is 14.3 Å². The van der Waals surface area contributed by atoms with Crippen molar-refractivity contribution < 1.29 is 22.9 Å². The number of hydrogen-bond donors (Lipinski definition) is 0. The number of likely N-dealkylation sites (tertiary alicyclic amines) is 1. The van der Waals surface area contributed by atoms with Crippen molar-refractivity contribution in [3.05, 3.63) is 0 Å². The van der Waals surface area contributed by atoms with Gasteiger partial charge in [-0.25, -0.2) is 0 Å². The van der Waals surface area contributed by atoms with Crippen molar-refractivity contribution in [1.82, 2.24) is 4.90 Å². The molecule has 128 valence electrons. The number of rotatable bonds is 9. The maximum atomic E-state index is 12.5. The van der Waals surface area contributed by atoms with Crippen LogP contribution in [0.3, 0.4) is 0 Å². The Hall–Kier alpha value is -0.763. The summed E-state index contributed by atoms with van der Waals surface area (Å²) in [5, 5.41) is 0. The molecule has 22 heavy (non-hydrogen) atoms. The number of carbonyl (C=O) groups excluding carboxylic acids is 2. The zero-order valence-electron chi connectivity index (χ0n) is 14.6. The van der Waals surface area contributed by atoms with Gasteiger partial charge in [-0.2, -0.15) is 0 Å². The average molecular weight is 331 g/mol. The van der Waals surface area contributed by atoms with Gasteiger partial charge < -0.3 is 13.3 Å². The van der Waals surface area contributed by atoms with Crippen molar-refractivity contribution in [2.24, 2.45) is 5.92 Å². The maximum Gasteiger partial charge on any atom is 0.500 e. The topological polar surface area (TPSA) is 65.1 Å². The van der Waals surface area contributed by atoms with Gasteiger partial charge in [0.15, 0.2) is 0 Å². The van der Waals surface area contributed by atoms with Gasteiger partial charge in [0.2, 0.25) is 11.8 Å². The molecule has 0 saturated carbocycles. The summed E-state index contributed by atoms with van der Waals surface area (Å²) in [6.45, 7) is 5.86. The summed E-state index contributed by atoms with van der Waals surface area (Å²) >= 11 is 0. The molecule has 1 aliphatic rings. The van der Waals surface area contributed by atoms with E-state index in [9.17, 15) is 9.59 Å². The van der Waals surface area contributed by atoms with Crippen LogP contribution in [0.4, 0.5) is 0 Å². The largest absolute Gasteiger partial charge is 0.500 e. The molecule has 1 aliphatic heterocycles. The van der Waals surface area contributed by atoms with Gasteiger partial charge in [-0.15, -0.1) is 0 Å². The van der Waals surface area contributed by atoms with Crippen molar-refractivity contribution in [2.45, 2.75) is 58.0 Å². The summed E-state index contributed by atoms with van der Waals surface area (Å²) in [5.41, 5.74) is -0.410. The molecular formula is C15H29NO5Si. The molecule has 0 spiro atoms. The van der Waals surface area contributed by atoms with E-state index in [4.69, 9.17) is 13.3 Å². The second kappa shape index (κ2) is 7.67. The highest BCUT2D eigenvalue weighted by atomic mass is 28.4. The third kappa shape index (κ3) is 3.95. The molecule has 6 nitrogen and oxygen atoms in total. The van der Waals surface area contributed by atoms with Crippen molar-refractivity contribution in [2.75, 3.05) is 21.3 Å². The van der Waals surface area contributed by atoms with Gasteiger partial charge in [-0.3, -0.25) is 14.5 Å². The van der Waals surface area contributed by atoms with E-state index in [1.54, 1.807) is 21.3 Å². The molecule has 1 rings (SSSR count). The minimum absolute atomic E-state index is 0.0450. The molecule has 0 aromatic heterocycles. The lowest BCUT2D eigenvalue weighted by Crippen LogP contribution is -2.47. The summed E-state index contributed by atoms with van der Waals surface area (Å²) < 4.78 is 16.1. The number of hydrogen-bond acceptors (Lipinski definition) is 5. The van der Waals surface area contributed by atoms with Crippen LogP contribution in [0.1, 0.15) is 46.5 Å². The Labute approximate surface area is 134 Å². The van der Waals surface area contributed by atoms with Crippen molar-refractivity contribution in [3.8, 4) is 0 Å². The Morgan fingerprint density at radius 3 is 2.18 bits per heavy atom. The minimum Gasteiger partial charge on any atom is -0.377 e. The average Bonchev–Trinajstić information content (AvgIpc) is 2.79. The van der Waals surface area contributed by atoms with Crippen LogP contribution in [0.5, 0.6) is 0 Å². The molecular weight excluding hydrogens is 302 g/mol. The van der Waals surface area contributed by atoms with Crippen LogP contribution in [-0.4, -0.2) is 52.4 Å². The van der Waals surface area contributed by atoms with Crippen LogP contribution >= 0.6 is 0 Å². The number of imide groups is 1. The molecule has 0 aromatic rings. The highest BCUT2D eigenvalue weighted by molar-refractivity contribution is 6.60. The van der Waals surface area contributed by atoms with Crippen molar-refractivity contribution in [1.29, 1.82) is 0 Å². The van der Waals surface area contributed by atoms with E-state index in [1.807, 2.05) is 20.8 Å². The SMILES string of the molecule is CCC(C)(C)N1C(=O)CC(CCC[Si](OC)(OC)OC)C1=O. The fraction of sp³-hybridized carbons (Fsp3) is 0.867. The van der Waals surface area contributed by atoms with Crippen LogP contribution in [0, 0.1) is 5.92 Å². The fourth-order valence-electron chi connectivity index (χ4n) is 2.84. The van der Waals surface area contributed by atoms with E-state index in [-0.39, 0.29) is 17.7 Å². The summed E-state index contributed by atoms with van der Waals surface area (Å²) in [5.74, 6) is -0.331. The van der Waals surface area contributed by atoms with Crippen LogP contribution in [0.25, 0.3) is 0 Å². The predicted molar refractivity (Wildman–Crippen MR) is 85.2 cm³/mol. The lowest BCUT2D eigenvalue weighted by Gasteiger charge is -2.33. The first-order valence-electron chi connectivity index (χ1n) is 7.79. The van der Waals surface area contributed by atoms with E-state index in [0.717, 1.165) is 12.8 Å². The summed E-state index contributed by atoms with van der Waals surface area (Å²) in [6, 6.07) is 0.644. The highest BCUT2D eigenvalue weighted by Crippen LogP contribution is 2.32. The third-order valence-electron chi connectivity index (χ3n) is 4.68. The van der Waals surface area contributed by atoms with Crippen LogP contribution in [-0.2, 0) is 22.9 Å². The highest BCUT2D eigenvalue weighted by Gasteiger charge is 2.45. The lowest BCUT2D eigenvalue weighted by atomic mass is 9.98. The van der Waals surface area contributed by atoms with E-state index in [2.05, 4.69) is 0 Å². The first kappa shape index (κ1) is 19.3. The monoisotopic (exact) mass is 331 g/mol. The Morgan fingerprint density at radius 2 is 1.73 bits per heavy atom. The number of nitrogens with zero attached hydrogens (tertiary/aromatic N) is 1. The van der Waals surface area contributed by atoms with Crippen LogP contribution in [0.2, 0.25) is 6.04 Å². The Morgan fingerprint density at radius 1 is 1.18 bits per heavy atom. The van der Waals surface area contributed by atoms with Crippen molar-refractivity contribution in [3.63, 3.8) is 0 Å². The van der Waals surface area contributed by atoms with Gasteiger partial charge in [0.25, 0.3) is 0 Å². The molecule has 1 atom stereocenters. The summed E-state index contributed by atoms with van der Waals surface area (Å²) in [4.78, 5) is 26.1. The molecule has 0 N–H and O–H groups in total. The Kier molecular flexibility index (Phi) is 6.73. The van der Waals surface area contributed by atoms with Gasteiger partial charge in [0.05, 0.1) is 0 Å². The van der Waals surface area contributed by atoms with Gasteiger partial charge >= 0.3 is 8.80 Å². The molecule has 0 aliphatic carbocycles. The minimum atomic E-state index is -2.60. The molecule has 0 aromatic carbocycles. The molecule has 1 unspecified atom stereocenters. The van der Waals surface area contributed by atoms with Gasteiger partial charge in [0.1, 0.15) is 0 Å².